The number of benzene rings is 1. The van der Waals surface area contributed by atoms with Gasteiger partial charge in [-0.2, -0.15) is 10.3 Å². The summed E-state index contributed by atoms with van der Waals surface area (Å²) in [6.07, 6.45) is 4.64. The highest BCUT2D eigenvalue weighted by Crippen LogP contribution is 2.43. The molecule has 172 valence electrons. The molecular weight excluding hydrogens is 451 g/mol. The fraction of sp³-hybridized carbons (Fsp3) is 0.364. The predicted molar refractivity (Wildman–Crippen MR) is 118 cm³/mol. The fourth-order valence-corrected chi connectivity index (χ4v) is 4.54. The van der Waals surface area contributed by atoms with Gasteiger partial charge in [0.05, 0.1) is 11.1 Å². The molecule has 5 rings (SSSR count). The van der Waals surface area contributed by atoms with E-state index in [1.54, 1.807) is 18.7 Å². The Morgan fingerprint density at radius 3 is 2.82 bits per heavy atom. The van der Waals surface area contributed by atoms with Crippen molar-refractivity contribution in [1.29, 1.82) is 0 Å². The monoisotopic (exact) mass is 472 g/mol. The molecule has 1 saturated carbocycles. The highest BCUT2D eigenvalue weighted by atomic mass is 35.5. The van der Waals surface area contributed by atoms with Crippen molar-refractivity contribution in [2.75, 3.05) is 12.4 Å². The van der Waals surface area contributed by atoms with Gasteiger partial charge in [0.15, 0.2) is 0 Å². The van der Waals surface area contributed by atoms with Crippen molar-refractivity contribution in [3.8, 4) is 5.88 Å². The molecule has 0 spiro atoms. The molecule has 11 heteroatoms. The van der Waals surface area contributed by atoms with E-state index >= 15 is 0 Å². The minimum Gasteiger partial charge on any atom is -0.387 e. The normalized spacial score (nSPS) is 17.0. The lowest BCUT2D eigenvalue weighted by Crippen LogP contribution is -2.32. The molecule has 3 aromatic rings. The number of nitrogens with one attached hydrogen (secondary N) is 2. The highest BCUT2D eigenvalue weighted by Gasteiger charge is 2.36. The lowest BCUT2D eigenvalue weighted by atomic mass is 10.1. The molecule has 1 atom stereocenters. The van der Waals surface area contributed by atoms with Gasteiger partial charge in [-0.15, -0.1) is 5.10 Å². The van der Waals surface area contributed by atoms with Gasteiger partial charge in [-0.05, 0) is 55.0 Å². The Hall–Kier alpha value is -3.40. The quantitative estimate of drug-likeness (QED) is 0.579. The average molecular weight is 473 g/mol. The number of rotatable bonds is 5. The zero-order chi connectivity index (χ0) is 23.3. The van der Waals surface area contributed by atoms with Gasteiger partial charge in [0, 0.05) is 31.9 Å². The number of carbonyl (C=O) groups is 2. The van der Waals surface area contributed by atoms with Crippen LogP contribution in [0.2, 0.25) is 5.02 Å². The third kappa shape index (κ3) is 3.95. The molecule has 2 aliphatic carbocycles. The number of hydrogen-bond donors (Lipinski definition) is 2. The number of carbonyl (C=O) groups excluding carboxylic acids is 2. The molecule has 2 aliphatic rings. The maximum absolute atomic E-state index is 13.4. The van der Waals surface area contributed by atoms with Crippen molar-refractivity contribution in [2.24, 2.45) is 7.05 Å². The second kappa shape index (κ2) is 8.18. The van der Waals surface area contributed by atoms with E-state index in [4.69, 9.17) is 16.3 Å². The van der Waals surface area contributed by atoms with Crippen LogP contribution in [-0.4, -0.2) is 43.9 Å². The minimum absolute atomic E-state index is 0.0675. The van der Waals surface area contributed by atoms with E-state index in [2.05, 4.69) is 20.7 Å². The van der Waals surface area contributed by atoms with E-state index in [1.165, 1.54) is 23.1 Å². The second-order valence-electron chi connectivity index (χ2n) is 8.43. The number of amides is 2. The number of anilines is 1. The second-order valence-corrected chi connectivity index (χ2v) is 8.83. The summed E-state index contributed by atoms with van der Waals surface area (Å²) in [6.45, 7) is 0. The Balaban J connectivity index is 1.33. The summed E-state index contributed by atoms with van der Waals surface area (Å²) >= 11 is 5.82. The van der Waals surface area contributed by atoms with Gasteiger partial charge in [-0.1, -0.05) is 11.6 Å². The van der Waals surface area contributed by atoms with Crippen LogP contribution in [-0.2, 0) is 13.5 Å². The summed E-state index contributed by atoms with van der Waals surface area (Å²) in [5, 5.41) is 13.3. The summed E-state index contributed by atoms with van der Waals surface area (Å²) in [5.41, 5.74) is 3.33. The molecule has 0 bridgehead atoms. The van der Waals surface area contributed by atoms with E-state index in [0.717, 1.165) is 24.0 Å². The first-order chi connectivity index (χ1) is 15.8. The smallest absolute Gasteiger partial charge is 0.387 e. The molecular formula is C22H22ClFN6O3. The first-order valence-corrected chi connectivity index (χ1v) is 11.0. The molecule has 1 unspecified atom stereocenters. The number of aromatic nitrogens is 4. The van der Waals surface area contributed by atoms with Gasteiger partial charge in [0.25, 0.3) is 11.8 Å². The maximum atomic E-state index is 13.4. The Kier molecular flexibility index (Phi) is 5.32. The van der Waals surface area contributed by atoms with Crippen LogP contribution in [0.25, 0.3) is 0 Å². The molecule has 2 heterocycles. The number of aromatic amines is 1. The van der Waals surface area contributed by atoms with Crippen LogP contribution >= 0.6 is 11.6 Å². The third-order valence-corrected chi connectivity index (χ3v) is 6.47. The SMILES string of the molecule is CN(C(=O)Oc1n[nH]nc1C1CC1)C1CCc2c1cn(C)c2C(=O)Nc1ccc(F)c(Cl)c1. The van der Waals surface area contributed by atoms with Crippen molar-refractivity contribution < 1.29 is 18.7 Å². The molecule has 0 radical (unpaired) electrons. The standard InChI is InChI=1S/C22H22ClFN6O3/c1-29-10-14-13(19(29)20(31)25-12-5-7-16(24)15(23)9-12)6-8-17(14)30(2)22(32)33-21-18(11-3-4-11)26-28-27-21/h5,7,9-11,17H,3-4,6,8H2,1-2H3,(H,25,31)(H,26,27,28). The van der Waals surface area contributed by atoms with Gasteiger partial charge in [0.2, 0.25) is 0 Å². The third-order valence-electron chi connectivity index (χ3n) is 6.18. The molecule has 1 fully saturated rings. The van der Waals surface area contributed by atoms with Crippen LogP contribution in [0.4, 0.5) is 14.9 Å². The topological polar surface area (TPSA) is 105 Å². The molecule has 2 N–H and O–H groups in total. The van der Waals surface area contributed by atoms with Gasteiger partial charge < -0.3 is 19.5 Å². The van der Waals surface area contributed by atoms with E-state index in [0.29, 0.717) is 35.8 Å². The average Bonchev–Trinajstić information content (AvgIpc) is 3.24. The largest absolute Gasteiger partial charge is 0.416 e. The number of fused-ring (bicyclic) bond motifs is 1. The van der Waals surface area contributed by atoms with E-state index in [-0.39, 0.29) is 22.9 Å². The van der Waals surface area contributed by atoms with Crippen LogP contribution in [0.15, 0.2) is 24.4 Å². The van der Waals surface area contributed by atoms with Gasteiger partial charge in [0.1, 0.15) is 17.2 Å². The highest BCUT2D eigenvalue weighted by molar-refractivity contribution is 6.31. The summed E-state index contributed by atoms with van der Waals surface area (Å²) < 4.78 is 20.7. The Morgan fingerprint density at radius 1 is 1.30 bits per heavy atom. The predicted octanol–water partition coefficient (Wildman–Crippen LogP) is 4.18. The van der Waals surface area contributed by atoms with Crippen LogP contribution in [0.3, 0.4) is 0 Å². The zero-order valence-corrected chi connectivity index (χ0v) is 18.8. The molecule has 0 saturated heterocycles. The summed E-state index contributed by atoms with van der Waals surface area (Å²) in [7, 11) is 3.45. The Labute approximate surface area is 193 Å². The molecule has 2 aromatic heterocycles. The van der Waals surface area contributed by atoms with Crippen LogP contribution in [0.1, 0.15) is 58.5 Å². The van der Waals surface area contributed by atoms with E-state index < -0.39 is 11.9 Å². The number of H-pyrrole nitrogens is 1. The van der Waals surface area contributed by atoms with Crippen molar-refractivity contribution >= 4 is 29.3 Å². The van der Waals surface area contributed by atoms with Crippen molar-refractivity contribution in [3.05, 3.63) is 57.8 Å². The number of ether oxygens (including phenoxy) is 1. The molecule has 9 nitrogen and oxygen atoms in total. The van der Waals surface area contributed by atoms with Gasteiger partial charge in [-0.3, -0.25) is 4.79 Å². The summed E-state index contributed by atoms with van der Waals surface area (Å²) in [6, 6.07) is 3.78. The number of halogens is 2. The van der Waals surface area contributed by atoms with Crippen LogP contribution < -0.4 is 10.1 Å². The van der Waals surface area contributed by atoms with Gasteiger partial charge in [-0.25, -0.2) is 9.18 Å². The zero-order valence-electron chi connectivity index (χ0n) is 18.1. The van der Waals surface area contributed by atoms with Crippen molar-refractivity contribution in [1.82, 2.24) is 24.9 Å². The van der Waals surface area contributed by atoms with Gasteiger partial charge >= 0.3 is 6.09 Å². The Morgan fingerprint density at radius 2 is 2.09 bits per heavy atom. The van der Waals surface area contributed by atoms with Crippen LogP contribution in [0.5, 0.6) is 5.88 Å². The molecule has 1 aromatic carbocycles. The van der Waals surface area contributed by atoms with Crippen molar-refractivity contribution in [3.63, 3.8) is 0 Å². The first-order valence-electron chi connectivity index (χ1n) is 10.6. The van der Waals surface area contributed by atoms with E-state index in [1.807, 2.05) is 6.20 Å². The fourth-order valence-electron chi connectivity index (χ4n) is 4.36. The lowest BCUT2D eigenvalue weighted by Gasteiger charge is -2.23. The molecule has 0 aliphatic heterocycles. The first kappa shape index (κ1) is 21.4. The van der Waals surface area contributed by atoms with Crippen LogP contribution in [0, 0.1) is 5.82 Å². The van der Waals surface area contributed by atoms with E-state index in [9.17, 15) is 14.0 Å². The molecule has 33 heavy (non-hydrogen) atoms. The lowest BCUT2D eigenvalue weighted by molar-refractivity contribution is 0.101. The number of nitrogens with zero attached hydrogens (tertiary/aromatic N) is 4. The summed E-state index contributed by atoms with van der Waals surface area (Å²) in [4.78, 5) is 27.3. The minimum atomic E-state index is -0.554. The molecule has 2 amide bonds. The maximum Gasteiger partial charge on any atom is 0.416 e. The van der Waals surface area contributed by atoms with Crippen molar-refractivity contribution in [2.45, 2.75) is 37.6 Å². The Bertz CT molecular complexity index is 1250. The summed E-state index contributed by atoms with van der Waals surface area (Å²) in [5.74, 6) is -0.370. The number of aryl methyl sites for hydroxylation is 1. The number of hydrogen-bond acceptors (Lipinski definition) is 5.